The van der Waals surface area contributed by atoms with E-state index >= 15 is 4.39 Å². The fourth-order valence-electron chi connectivity index (χ4n) is 4.82. The van der Waals surface area contributed by atoms with Gasteiger partial charge in [-0.3, -0.25) is 4.79 Å². The number of carbonyl (C=O) groups is 1. The molecule has 3 heterocycles. The molecule has 202 valence electrons. The zero-order valence-corrected chi connectivity index (χ0v) is 21.6. The van der Waals surface area contributed by atoms with Gasteiger partial charge in [-0.1, -0.05) is 6.07 Å². The summed E-state index contributed by atoms with van der Waals surface area (Å²) in [4.78, 5) is 23.8. The van der Waals surface area contributed by atoms with E-state index in [0.717, 1.165) is 27.7 Å². The molecule has 37 heavy (non-hydrogen) atoms. The molecule has 0 aromatic carbocycles. The molecule has 6 nitrogen and oxygen atoms in total. The van der Waals surface area contributed by atoms with Crippen LogP contribution in [0.1, 0.15) is 53.2 Å². The lowest BCUT2D eigenvalue weighted by atomic mass is 9.81. The smallest absolute Gasteiger partial charge is 0.422 e. The first-order chi connectivity index (χ1) is 17.6. The van der Waals surface area contributed by atoms with Crippen molar-refractivity contribution in [1.82, 2.24) is 20.2 Å². The number of rotatable bonds is 8. The average molecular weight is 541 g/mol. The lowest BCUT2D eigenvalue weighted by Crippen LogP contribution is -2.42. The van der Waals surface area contributed by atoms with Crippen molar-refractivity contribution >= 4 is 23.3 Å². The molecular weight excluding hydrogens is 508 g/mol. The van der Waals surface area contributed by atoms with E-state index in [1.165, 1.54) is 23.5 Å². The lowest BCUT2D eigenvalue weighted by Gasteiger charge is -2.35. The third-order valence-electron chi connectivity index (χ3n) is 6.93. The molecule has 2 aliphatic rings. The van der Waals surface area contributed by atoms with Crippen molar-refractivity contribution in [2.75, 3.05) is 26.2 Å². The van der Waals surface area contributed by atoms with E-state index < -0.39 is 18.5 Å². The Labute approximate surface area is 218 Å². The number of hydrogen-bond acceptors (Lipinski definition) is 6. The number of carbonyl (C=O) groups excluding carboxylic acids is 1. The molecule has 2 aromatic heterocycles. The minimum absolute atomic E-state index is 0.0230. The average Bonchev–Trinajstić information content (AvgIpc) is 3.16. The summed E-state index contributed by atoms with van der Waals surface area (Å²) in [5.74, 6) is -0.197. The van der Waals surface area contributed by atoms with Crippen molar-refractivity contribution in [2.45, 2.75) is 69.8 Å². The summed E-state index contributed by atoms with van der Waals surface area (Å²) in [5.41, 5.74) is 0.480. The van der Waals surface area contributed by atoms with Crippen LogP contribution >= 0.6 is 11.3 Å². The summed E-state index contributed by atoms with van der Waals surface area (Å²) in [7, 11) is 0. The van der Waals surface area contributed by atoms with Gasteiger partial charge in [0.1, 0.15) is 5.67 Å². The molecule has 0 spiro atoms. The second-order valence-corrected chi connectivity index (χ2v) is 11.1. The van der Waals surface area contributed by atoms with Crippen LogP contribution in [0.4, 0.5) is 17.6 Å². The molecule has 1 saturated carbocycles. The van der Waals surface area contributed by atoms with Gasteiger partial charge in [0, 0.05) is 61.0 Å². The molecule has 2 aromatic rings. The van der Waals surface area contributed by atoms with Crippen molar-refractivity contribution in [3.63, 3.8) is 0 Å². The molecule has 1 N–H and O–H groups in total. The van der Waals surface area contributed by atoms with Crippen molar-refractivity contribution < 1.29 is 27.1 Å². The van der Waals surface area contributed by atoms with E-state index in [9.17, 15) is 18.0 Å². The van der Waals surface area contributed by atoms with Gasteiger partial charge in [0.05, 0.1) is 5.01 Å². The predicted octanol–water partition coefficient (Wildman–Crippen LogP) is 5.06. The van der Waals surface area contributed by atoms with Crippen LogP contribution < -0.4 is 10.1 Å². The Morgan fingerprint density at radius 1 is 1.27 bits per heavy atom. The number of alkyl halides is 4. The molecule has 1 aliphatic heterocycles. The molecule has 4 rings (SSSR count). The first kappa shape index (κ1) is 27.5. The lowest BCUT2D eigenvalue weighted by molar-refractivity contribution is -0.154. The molecule has 0 unspecified atom stereocenters. The number of aryl methyl sites for hydroxylation is 1. The van der Waals surface area contributed by atoms with E-state index in [4.69, 9.17) is 4.74 Å². The molecule has 1 aliphatic carbocycles. The normalized spacial score (nSPS) is 23.0. The van der Waals surface area contributed by atoms with Gasteiger partial charge in [0.15, 0.2) is 6.61 Å². The van der Waals surface area contributed by atoms with Crippen LogP contribution in [-0.2, 0) is 17.6 Å². The number of pyridine rings is 1. The summed E-state index contributed by atoms with van der Waals surface area (Å²) in [5, 5.41) is 3.92. The molecule has 0 atom stereocenters. The second-order valence-electron chi connectivity index (χ2n) is 9.80. The standard InChI is InChI=1S/C26H32F4N4O2S/c1-18-31-16-21(37-18)3-4-23(35)32-20-6-10-25(27,11-7-20)12-15-34-13-8-19-2-5-24(33-22(19)9-14-34)36-17-26(28,29)30/h2-5,16,20H,6-15,17H2,1H3,(H,32,35)/b4-3+/t20-,25+. The van der Waals surface area contributed by atoms with Crippen molar-refractivity contribution in [2.24, 2.45) is 0 Å². The number of nitrogens with one attached hydrogen (secondary N) is 1. The largest absolute Gasteiger partial charge is 0.468 e. The highest BCUT2D eigenvalue weighted by molar-refractivity contribution is 7.12. The molecule has 0 radical (unpaired) electrons. The summed E-state index contributed by atoms with van der Waals surface area (Å²) >= 11 is 1.52. The van der Waals surface area contributed by atoms with Crippen LogP contribution in [0.2, 0.25) is 0 Å². The maximum atomic E-state index is 15.5. The molecule has 0 saturated heterocycles. The van der Waals surface area contributed by atoms with Gasteiger partial charge in [-0.05, 0) is 57.1 Å². The monoisotopic (exact) mass is 540 g/mol. The highest BCUT2D eigenvalue weighted by atomic mass is 32.1. The van der Waals surface area contributed by atoms with Crippen LogP contribution in [0.15, 0.2) is 24.4 Å². The van der Waals surface area contributed by atoms with E-state index in [0.29, 0.717) is 58.0 Å². The summed E-state index contributed by atoms with van der Waals surface area (Å²) in [6, 6.07) is 3.22. The van der Waals surface area contributed by atoms with Gasteiger partial charge in [-0.25, -0.2) is 14.4 Å². The van der Waals surface area contributed by atoms with Gasteiger partial charge in [0.2, 0.25) is 11.8 Å². The van der Waals surface area contributed by atoms with Crippen LogP contribution in [-0.4, -0.2) is 64.9 Å². The minimum Gasteiger partial charge on any atom is -0.468 e. The summed E-state index contributed by atoms with van der Waals surface area (Å²) in [6.45, 7) is 2.57. The Balaban J connectivity index is 1.19. The number of ether oxygens (including phenoxy) is 1. The number of hydrogen-bond donors (Lipinski definition) is 1. The van der Waals surface area contributed by atoms with Crippen LogP contribution in [0, 0.1) is 6.92 Å². The highest BCUT2D eigenvalue weighted by Gasteiger charge is 2.36. The summed E-state index contributed by atoms with van der Waals surface area (Å²) < 4.78 is 57.6. The topological polar surface area (TPSA) is 67.4 Å². The third-order valence-corrected chi connectivity index (χ3v) is 7.81. The number of amides is 1. The SMILES string of the molecule is Cc1ncc(/C=C/C(=O)N[C@H]2CC[C@](F)(CCN3CCc4ccc(OCC(F)(F)F)nc4CC3)CC2)s1. The minimum atomic E-state index is -4.41. The van der Waals surface area contributed by atoms with E-state index in [2.05, 4.69) is 20.2 Å². The van der Waals surface area contributed by atoms with Crippen LogP contribution in [0.25, 0.3) is 6.08 Å². The van der Waals surface area contributed by atoms with E-state index in [1.54, 1.807) is 18.3 Å². The number of nitrogens with zero attached hydrogens (tertiary/aromatic N) is 3. The zero-order valence-electron chi connectivity index (χ0n) is 20.8. The van der Waals surface area contributed by atoms with Crippen molar-refractivity contribution in [1.29, 1.82) is 0 Å². The Morgan fingerprint density at radius 2 is 2.03 bits per heavy atom. The van der Waals surface area contributed by atoms with Gasteiger partial charge in [0.25, 0.3) is 0 Å². The van der Waals surface area contributed by atoms with Crippen LogP contribution in [0.3, 0.4) is 0 Å². The first-order valence-electron chi connectivity index (χ1n) is 12.6. The van der Waals surface area contributed by atoms with Gasteiger partial charge < -0.3 is 15.0 Å². The fourth-order valence-corrected chi connectivity index (χ4v) is 5.51. The number of thiazole rings is 1. The molecule has 1 fully saturated rings. The number of fused-ring (bicyclic) bond motifs is 1. The van der Waals surface area contributed by atoms with E-state index in [-0.39, 0.29) is 17.8 Å². The predicted molar refractivity (Wildman–Crippen MR) is 134 cm³/mol. The Hall–Kier alpha value is -2.53. The quantitative estimate of drug-likeness (QED) is 0.375. The summed E-state index contributed by atoms with van der Waals surface area (Å²) in [6.07, 6.45) is 4.30. The molecule has 0 bridgehead atoms. The molecular formula is C26H32F4N4O2S. The van der Waals surface area contributed by atoms with Gasteiger partial charge >= 0.3 is 6.18 Å². The number of halogens is 4. The van der Waals surface area contributed by atoms with E-state index in [1.807, 2.05) is 6.92 Å². The molecule has 11 heteroatoms. The Bertz CT molecular complexity index is 1100. The highest BCUT2D eigenvalue weighted by Crippen LogP contribution is 2.35. The van der Waals surface area contributed by atoms with Crippen molar-refractivity contribution in [3.8, 4) is 5.88 Å². The first-order valence-corrected chi connectivity index (χ1v) is 13.4. The zero-order chi connectivity index (χ0) is 26.5. The van der Waals surface area contributed by atoms with Gasteiger partial charge in [-0.2, -0.15) is 13.2 Å². The maximum absolute atomic E-state index is 15.5. The third kappa shape index (κ3) is 8.49. The fraction of sp³-hybridized carbons (Fsp3) is 0.577. The number of aromatic nitrogens is 2. The Kier molecular flexibility index (Phi) is 8.84. The van der Waals surface area contributed by atoms with Crippen molar-refractivity contribution in [3.05, 3.63) is 45.5 Å². The maximum Gasteiger partial charge on any atom is 0.422 e. The molecule has 1 amide bonds. The second kappa shape index (κ2) is 11.9. The Morgan fingerprint density at radius 3 is 2.73 bits per heavy atom. The van der Waals surface area contributed by atoms with Gasteiger partial charge in [-0.15, -0.1) is 11.3 Å². The van der Waals surface area contributed by atoms with Crippen LogP contribution in [0.5, 0.6) is 5.88 Å².